The topological polar surface area (TPSA) is 91.1 Å². The molecule has 1 rings (SSSR count). The van der Waals surface area contributed by atoms with Crippen molar-refractivity contribution in [3.63, 3.8) is 0 Å². The van der Waals surface area contributed by atoms with Crippen LogP contribution in [0.2, 0.25) is 12.6 Å². The largest absolute Gasteiger partial charge is 0.462 e. The van der Waals surface area contributed by atoms with Gasteiger partial charge in [-0.05, 0) is 58.0 Å². The molecule has 1 fully saturated rings. The summed E-state index contributed by atoms with van der Waals surface area (Å²) in [5, 5.41) is 13.1. The fourth-order valence-corrected chi connectivity index (χ4v) is 7.59. The lowest BCUT2D eigenvalue weighted by Crippen LogP contribution is -2.55. The number of carbonyl (C=O) groups is 1. The third-order valence-corrected chi connectivity index (χ3v) is 8.22. The van der Waals surface area contributed by atoms with Gasteiger partial charge in [0.15, 0.2) is 0 Å². The van der Waals surface area contributed by atoms with Crippen molar-refractivity contribution >= 4 is 13.9 Å². The number of methoxy groups -OCH3 is 1. The molecule has 0 amide bonds. The molecule has 8 nitrogen and oxygen atoms in total. The molecule has 0 bridgehead atoms. The maximum Gasteiger partial charge on any atom is 0.340 e. The van der Waals surface area contributed by atoms with Gasteiger partial charge in [0.25, 0.3) is 0 Å². The van der Waals surface area contributed by atoms with E-state index in [-0.39, 0.29) is 34.4 Å². The zero-order valence-electron chi connectivity index (χ0n) is 19.4. The van der Waals surface area contributed by atoms with Gasteiger partial charge in [-0.1, -0.05) is 20.8 Å². The van der Waals surface area contributed by atoms with E-state index in [1.165, 1.54) is 0 Å². The first-order valence-corrected chi connectivity index (χ1v) is 13.1. The Hall–Kier alpha value is -1.03. The van der Waals surface area contributed by atoms with Gasteiger partial charge in [0.1, 0.15) is 5.60 Å². The molecule has 29 heavy (non-hydrogen) atoms. The number of nitro groups is 1. The molecule has 1 aliphatic rings. The summed E-state index contributed by atoms with van der Waals surface area (Å²) in [6.07, 6.45) is 2.29. The molecule has 0 aromatic carbocycles. The molecule has 170 valence electrons. The zero-order chi connectivity index (χ0) is 22.5. The van der Waals surface area contributed by atoms with Crippen molar-refractivity contribution in [3.05, 3.63) is 10.1 Å². The second kappa shape index (κ2) is 10.3. The van der Waals surface area contributed by atoms with E-state index in [9.17, 15) is 14.9 Å². The molecule has 0 spiro atoms. The summed E-state index contributed by atoms with van der Waals surface area (Å²) in [4.78, 5) is 24.1. The Bertz CT molecular complexity index is 560. The van der Waals surface area contributed by atoms with Crippen LogP contribution < -0.4 is 0 Å². The molecule has 1 aliphatic heterocycles. The monoisotopic (exact) mass is 432 g/mol. The maximum atomic E-state index is 13.1. The Kier molecular flexibility index (Phi) is 9.26. The van der Waals surface area contributed by atoms with E-state index < -0.39 is 13.9 Å². The lowest BCUT2D eigenvalue weighted by atomic mass is 9.95. The SMILES string of the molecule is COCCC(C[N+](=O)[O-])C1CCCN1O[Si](C)(CC(C)(C)C)C(=O)OC(C)(C)C. The lowest BCUT2D eigenvalue weighted by molar-refractivity contribution is -0.490. The Morgan fingerprint density at radius 2 is 1.90 bits per heavy atom. The average molecular weight is 433 g/mol. The van der Waals surface area contributed by atoms with Crippen molar-refractivity contribution in [2.45, 2.75) is 85.0 Å². The average Bonchev–Trinajstić information content (AvgIpc) is 2.95. The highest BCUT2D eigenvalue weighted by atomic mass is 28.4. The fraction of sp³-hybridized carbons (Fsp3) is 0.950. The van der Waals surface area contributed by atoms with Crippen LogP contribution in [-0.2, 0) is 14.0 Å². The molecule has 9 heteroatoms. The molecule has 0 radical (unpaired) electrons. The Balaban J connectivity index is 3.08. The van der Waals surface area contributed by atoms with E-state index in [1.54, 1.807) is 7.11 Å². The maximum absolute atomic E-state index is 13.1. The highest BCUT2D eigenvalue weighted by Crippen LogP contribution is 2.35. The highest BCUT2D eigenvalue weighted by molar-refractivity contribution is 6.99. The minimum absolute atomic E-state index is 0.0928. The van der Waals surface area contributed by atoms with Crippen LogP contribution in [0.1, 0.15) is 60.8 Å². The Morgan fingerprint density at radius 3 is 2.38 bits per heavy atom. The molecule has 0 N–H and O–H groups in total. The van der Waals surface area contributed by atoms with Crippen LogP contribution in [0, 0.1) is 21.4 Å². The first-order chi connectivity index (χ1) is 13.2. The molecule has 0 aromatic heterocycles. The molecule has 0 aliphatic carbocycles. The van der Waals surface area contributed by atoms with Gasteiger partial charge in [-0.3, -0.25) is 14.9 Å². The van der Waals surface area contributed by atoms with Crippen molar-refractivity contribution in [1.29, 1.82) is 0 Å². The molecular weight excluding hydrogens is 392 g/mol. The van der Waals surface area contributed by atoms with Crippen LogP contribution in [0.25, 0.3) is 0 Å². The van der Waals surface area contributed by atoms with Gasteiger partial charge >= 0.3 is 13.9 Å². The number of nitrogens with zero attached hydrogens (tertiary/aromatic N) is 2. The zero-order valence-corrected chi connectivity index (χ0v) is 20.4. The van der Waals surface area contributed by atoms with Crippen molar-refractivity contribution in [3.8, 4) is 0 Å². The number of hydrogen-bond donors (Lipinski definition) is 0. The molecular formula is C20H40N2O6Si. The van der Waals surface area contributed by atoms with Gasteiger partial charge in [-0.25, -0.2) is 0 Å². The van der Waals surface area contributed by atoms with Gasteiger partial charge < -0.3 is 14.0 Å². The number of rotatable bonds is 10. The molecule has 0 saturated carbocycles. The van der Waals surface area contributed by atoms with Crippen molar-refractivity contribution < 1.29 is 23.7 Å². The summed E-state index contributed by atoms with van der Waals surface area (Å²) in [5.41, 5.74) is -0.971. The summed E-state index contributed by atoms with van der Waals surface area (Å²) < 4.78 is 17.4. The van der Waals surface area contributed by atoms with Crippen LogP contribution in [-0.4, -0.2) is 62.3 Å². The number of hydroxylamine groups is 2. The second-order valence-electron chi connectivity index (χ2n) is 10.5. The predicted molar refractivity (Wildman–Crippen MR) is 115 cm³/mol. The first kappa shape index (κ1) is 26.0. The van der Waals surface area contributed by atoms with Crippen LogP contribution >= 0.6 is 0 Å². The van der Waals surface area contributed by atoms with E-state index in [1.807, 2.05) is 32.4 Å². The van der Waals surface area contributed by atoms with Gasteiger partial charge in [0.2, 0.25) is 6.54 Å². The molecule has 0 aromatic rings. The van der Waals surface area contributed by atoms with Crippen molar-refractivity contribution in [2.24, 2.45) is 11.3 Å². The fourth-order valence-electron chi connectivity index (χ4n) is 4.01. The summed E-state index contributed by atoms with van der Waals surface area (Å²) in [6, 6.07) is 0.514. The number of ether oxygens (including phenoxy) is 2. The Morgan fingerprint density at radius 1 is 1.28 bits per heavy atom. The van der Waals surface area contributed by atoms with Gasteiger partial charge in [0, 0.05) is 37.1 Å². The van der Waals surface area contributed by atoms with Crippen molar-refractivity contribution in [1.82, 2.24) is 5.06 Å². The van der Waals surface area contributed by atoms with E-state index in [4.69, 9.17) is 14.0 Å². The summed E-state index contributed by atoms with van der Waals surface area (Å²) in [6.45, 7) is 14.7. The third kappa shape index (κ3) is 9.11. The minimum atomic E-state index is -2.96. The summed E-state index contributed by atoms with van der Waals surface area (Å²) >= 11 is 0. The minimum Gasteiger partial charge on any atom is -0.462 e. The van der Waals surface area contributed by atoms with Gasteiger partial charge in [0.05, 0.1) is 0 Å². The summed E-state index contributed by atoms with van der Waals surface area (Å²) in [5.74, 6) is -0.182. The standard InChI is InChI=1S/C20H40N2O6Si/c1-19(2,3)15-29(8,18(23)27-20(4,5)6)28-21-12-9-10-17(21)16(11-13-26-7)14-22(24)25/h16-17H,9-15H2,1-8H3. The smallest absolute Gasteiger partial charge is 0.340 e. The molecule has 3 atom stereocenters. The third-order valence-electron chi connectivity index (χ3n) is 4.89. The van der Waals surface area contributed by atoms with Crippen LogP contribution in [0.3, 0.4) is 0 Å². The van der Waals surface area contributed by atoms with Crippen LogP contribution in [0.4, 0.5) is 4.79 Å². The Labute approximate surface area is 176 Å². The van der Waals surface area contributed by atoms with E-state index in [0.717, 1.165) is 12.8 Å². The van der Waals surface area contributed by atoms with E-state index in [0.29, 0.717) is 25.6 Å². The van der Waals surface area contributed by atoms with Gasteiger partial charge in [-0.2, -0.15) is 5.06 Å². The first-order valence-electron chi connectivity index (χ1n) is 10.5. The molecule has 3 unspecified atom stereocenters. The molecule has 1 saturated heterocycles. The number of hydrogen-bond acceptors (Lipinski definition) is 7. The quantitative estimate of drug-likeness (QED) is 0.286. The summed E-state index contributed by atoms with van der Waals surface area (Å²) in [7, 11) is -1.36. The van der Waals surface area contributed by atoms with Crippen LogP contribution in [0.5, 0.6) is 0 Å². The second-order valence-corrected chi connectivity index (χ2v) is 13.9. The normalized spacial score (nSPS) is 21.6. The lowest BCUT2D eigenvalue weighted by Gasteiger charge is -2.39. The van der Waals surface area contributed by atoms with Crippen LogP contribution in [0.15, 0.2) is 0 Å². The molecule has 1 heterocycles. The van der Waals surface area contributed by atoms with E-state index >= 15 is 0 Å². The predicted octanol–water partition coefficient (Wildman–Crippen LogP) is 4.45. The van der Waals surface area contributed by atoms with Crippen molar-refractivity contribution in [2.75, 3.05) is 26.8 Å². The van der Waals surface area contributed by atoms with E-state index in [2.05, 4.69) is 20.8 Å². The number of carbonyl (C=O) groups excluding carboxylic acids is 1. The highest BCUT2D eigenvalue weighted by Gasteiger charge is 2.49. The van der Waals surface area contributed by atoms with Gasteiger partial charge in [-0.15, -0.1) is 0 Å².